The molecule has 0 spiro atoms. The van der Waals surface area contributed by atoms with Gasteiger partial charge in [-0.05, 0) is 63.1 Å². The molecule has 1 aromatic carbocycles. The molecule has 1 aliphatic rings. The highest BCUT2D eigenvalue weighted by Crippen LogP contribution is 2.27. The van der Waals surface area contributed by atoms with Crippen LogP contribution in [0, 0.1) is 19.7 Å². The van der Waals surface area contributed by atoms with E-state index in [2.05, 4.69) is 25.2 Å². The van der Waals surface area contributed by atoms with Crippen LogP contribution in [0.3, 0.4) is 0 Å². The summed E-state index contributed by atoms with van der Waals surface area (Å²) >= 11 is 0. The largest absolute Gasteiger partial charge is 0.298 e. The highest BCUT2D eigenvalue weighted by molar-refractivity contribution is 5.42. The Kier molecular flexibility index (Phi) is 4.55. The molecule has 2 aromatic heterocycles. The van der Waals surface area contributed by atoms with E-state index in [9.17, 15) is 4.39 Å². The number of hydrogen-bond donors (Lipinski definition) is 1. The van der Waals surface area contributed by atoms with E-state index in [1.54, 1.807) is 12.4 Å². The summed E-state index contributed by atoms with van der Waals surface area (Å²) in [7, 11) is 0. The quantitative estimate of drug-likeness (QED) is 0.782. The number of likely N-dealkylation sites (tertiary alicyclic amines) is 1. The van der Waals surface area contributed by atoms with Gasteiger partial charge in [-0.3, -0.25) is 10.00 Å². The number of halogens is 1. The number of H-pyrrole nitrogens is 1. The third-order valence-corrected chi connectivity index (χ3v) is 5.00. The van der Waals surface area contributed by atoms with Crippen molar-refractivity contribution in [2.24, 2.45) is 0 Å². The Hall–Kier alpha value is -2.54. The van der Waals surface area contributed by atoms with E-state index in [0.717, 1.165) is 54.4 Å². The average molecular weight is 354 g/mol. The van der Waals surface area contributed by atoms with Gasteiger partial charge < -0.3 is 0 Å². The van der Waals surface area contributed by atoms with Crippen LogP contribution in [0.1, 0.15) is 41.5 Å². The second kappa shape index (κ2) is 6.99. The summed E-state index contributed by atoms with van der Waals surface area (Å²) in [6.45, 7) is 6.57. The molecule has 0 unspecified atom stereocenters. The van der Waals surface area contributed by atoms with Crippen molar-refractivity contribution in [1.82, 2.24) is 29.9 Å². The number of aryl methyl sites for hydroxylation is 2. The van der Waals surface area contributed by atoms with Crippen LogP contribution < -0.4 is 0 Å². The van der Waals surface area contributed by atoms with Crippen molar-refractivity contribution < 1.29 is 4.39 Å². The number of hydrogen-bond acceptors (Lipinski definition) is 4. The number of benzene rings is 1. The minimum Gasteiger partial charge on any atom is -0.298 e. The second-order valence-corrected chi connectivity index (χ2v) is 7.06. The standard InChI is InChI=1S/C19H23FN6/c1-13-8-14(2)26(24-13)18-6-5-17(20)9-16(18)11-25-7-3-4-15(10-25)19-21-12-22-23-19/h5-6,8-9,12,15H,3-4,7,10-11H2,1-2H3,(H,21,22,23)/t15-/m1/s1. The third kappa shape index (κ3) is 3.39. The summed E-state index contributed by atoms with van der Waals surface area (Å²) in [5, 5.41) is 11.5. The maximum Gasteiger partial charge on any atom is 0.137 e. The van der Waals surface area contributed by atoms with Gasteiger partial charge in [0.1, 0.15) is 18.0 Å². The molecule has 1 aliphatic heterocycles. The van der Waals surface area contributed by atoms with Crippen molar-refractivity contribution >= 4 is 0 Å². The fraction of sp³-hybridized carbons (Fsp3) is 0.421. The maximum atomic E-state index is 14.0. The molecule has 136 valence electrons. The van der Waals surface area contributed by atoms with E-state index in [4.69, 9.17) is 0 Å². The van der Waals surface area contributed by atoms with Crippen molar-refractivity contribution in [2.75, 3.05) is 13.1 Å². The van der Waals surface area contributed by atoms with Crippen molar-refractivity contribution in [3.05, 3.63) is 59.2 Å². The van der Waals surface area contributed by atoms with E-state index in [1.165, 1.54) is 6.07 Å². The van der Waals surface area contributed by atoms with Crippen molar-refractivity contribution in [2.45, 2.75) is 39.2 Å². The first kappa shape index (κ1) is 16.9. The summed E-state index contributed by atoms with van der Waals surface area (Å²) in [6.07, 6.45) is 3.75. The lowest BCUT2D eigenvalue weighted by Gasteiger charge is -2.32. The zero-order valence-corrected chi connectivity index (χ0v) is 15.1. The molecule has 0 radical (unpaired) electrons. The van der Waals surface area contributed by atoms with Crippen LogP contribution in [0.4, 0.5) is 4.39 Å². The average Bonchev–Trinajstić information content (AvgIpc) is 3.25. The molecular weight excluding hydrogens is 331 g/mol. The van der Waals surface area contributed by atoms with Crippen LogP contribution in [0.5, 0.6) is 0 Å². The molecule has 1 saturated heterocycles. The van der Waals surface area contributed by atoms with Crippen LogP contribution in [-0.2, 0) is 6.54 Å². The third-order valence-electron chi connectivity index (χ3n) is 5.00. The highest BCUT2D eigenvalue weighted by atomic mass is 19.1. The number of nitrogens with one attached hydrogen (secondary N) is 1. The lowest BCUT2D eigenvalue weighted by molar-refractivity contribution is 0.196. The minimum atomic E-state index is -0.214. The summed E-state index contributed by atoms with van der Waals surface area (Å²) in [5.74, 6) is 1.07. The Morgan fingerprint density at radius 2 is 2.15 bits per heavy atom. The smallest absolute Gasteiger partial charge is 0.137 e. The van der Waals surface area contributed by atoms with Gasteiger partial charge in [0.15, 0.2) is 0 Å². The van der Waals surface area contributed by atoms with Crippen LogP contribution in [0.15, 0.2) is 30.6 Å². The predicted octanol–water partition coefficient (Wildman–Crippen LogP) is 3.13. The Morgan fingerprint density at radius 1 is 1.27 bits per heavy atom. The molecule has 6 nitrogen and oxygen atoms in total. The van der Waals surface area contributed by atoms with Gasteiger partial charge in [-0.15, -0.1) is 0 Å². The van der Waals surface area contributed by atoms with Gasteiger partial charge in [0.2, 0.25) is 0 Å². The summed E-state index contributed by atoms with van der Waals surface area (Å²) in [5.41, 5.74) is 3.91. The van der Waals surface area contributed by atoms with Gasteiger partial charge in [0.05, 0.1) is 11.4 Å². The monoisotopic (exact) mass is 354 g/mol. The lowest BCUT2D eigenvalue weighted by Crippen LogP contribution is -2.34. The first-order valence-electron chi connectivity index (χ1n) is 9.00. The maximum absolute atomic E-state index is 14.0. The molecule has 1 fully saturated rings. The van der Waals surface area contributed by atoms with Gasteiger partial charge in [-0.1, -0.05) is 0 Å². The molecule has 4 rings (SSSR count). The topological polar surface area (TPSA) is 62.6 Å². The Labute approximate surface area is 152 Å². The normalized spacial score (nSPS) is 18.3. The van der Waals surface area contributed by atoms with Crippen LogP contribution in [0.25, 0.3) is 5.69 Å². The number of aromatic amines is 1. The SMILES string of the molecule is Cc1cc(C)n(-c2ccc(F)cc2CN2CCC[C@@H](c3ncn[nH]3)C2)n1. The zero-order valence-electron chi connectivity index (χ0n) is 15.1. The van der Waals surface area contributed by atoms with Crippen LogP contribution in [-0.4, -0.2) is 43.0 Å². The zero-order chi connectivity index (χ0) is 18.1. The molecule has 0 aliphatic carbocycles. The fourth-order valence-electron chi connectivity index (χ4n) is 3.84. The summed E-state index contributed by atoms with van der Waals surface area (Å²) in [4.78, 5) is 6.67. The summed E-state index contributed by atoms with van der Waals surface area (Å²) in [6, 6.07) is 6.99. The molecule has 0 amide bonds. The number of aromatic nitrogens is 5. The molecule has 0 saturated carbocycles. The Balaban J connectivity index is 1.59. The first-order chi connectivity index (χ1) is 12.6. The Morgan fingerprint density at radius 3 is 2.88 bits per heavy atom. The predicted molar refractivity (Wildman–Crippen MR) is 96.6 cm³/mol. The highest BCUT2D eigenvalue weighted by Gasteiger charge is 2.24. The van der Waals surface area contributed by atoms with Gasteiger partial charge >= 0.3 is 0 Å². The van der Waals surface area contributed by atoms with Crippen molar-refractivity contribution in [3.63, 3.8) is 0 Å². The molecule has 26 heavy (non-hydrogen) atoms. The molecule has 3 heterocycles. The lowest BCUT2D eigenvalue weighted by atomic mass is 9.97. The summed E-state index contributed by atoms with van der Waals surface area (Å²) < 4.78 is 15.9. The minimum absolute atomic E-state index is 0.214. The molecule has 1 N–H and O–H groups in total. The number of rotatable bonds is 4. The number of nitrogens with zero attached hydrogens (tertiary/aromatic N) is 5. The van der Waals surface area contributed by atoms with Crippen LogP contribution in [0.2, 0.25) is 0 Å². The molecule has 0 bridgehead atoms. The number of piperidine rings is 1. The van der Waals surface area contributed by atoms with Gasteiger partial charge in [-0.2, -0.15) is 10.2 Å². The Bertz CT molecular complexity index is 886. The fourth-order valence-corrected chi connectivity index (χ4v) is 3.84. The molecule has 1 atom stereocenters. The van der Waals surface area contributed by atoms with E-state index in [1.807, 2.05) is 30.7 Å². The van der Waals surface area contributed by atoms with E-state index in [0.29, 0.717) is 12.5 Å². The molecular formula is C19H23FN6. The van der Waals surface area contributed by atoms with Gasteiger partial charge in [-0.25, -0.2) is 14.1 Å². The second-order valence-electron chi connectivity index (χ2n) is 7.06. The van der Waals surface area contributed by atoms with Crippen LogP contribution >= 0.6 is 0 Å². The van der Waals surface area contributed by atoms with E-state index in [-0.39, 0.29) is 5.82 Å². The van der Waals surface area contributed by atoms with Crippen molar-refractivity contribution in [3.8, 4) is 5.69 Å². The molecule has 3 aromatic rings. The van der Waals surface area contributed by atoms with Gasteiger partial charge in [0.25, 0.3) is 0 Å². The molecule has 7 heteroatoms. The van der Waals surface area contributed by atoms with Crippen molar-refractivity contribution in [1.29, 1.82) is 0 Å². The van der Waals surface area contributed by atoms with Gasteiger partial charge in [0, 0.05) is 24.7 Å². The van der Waals surface area contributed by atoms with E-state index < -0.39 is 0 Å². The van der Waals surface area contributed by atoms with E-state index >= 15 is 0 Å². The first-order valence-corrected chi connectivity index (χ1v) is 9.00.